The van der Waals surface area contributed by atoms with Gasteiger partial charge in [0.1, 0.15) is 0 Å². The molecule has 82 valence electrons. The number of carbonyl (C=O) groups excluding carboxylic acids is 1. The molecule has 0 spiro atoms. The maximum atomic E-state index is 10.1. The molecule has 0 unspecified atom stereocenters. The summed E-state index contributed by atoms with van der Waals surface area (Å²) in [6.45, 7) is 2.27. The normalized spacial score (nSPS) is 10.1. The van der Waals surface area contributed by atoms with Gasteiger partial charge in [0.2, 0.25) is 18.1 Å². The first-order valence-corrected chi connectivity index (χ1v) is 4.86. The highest BCUT2D eigenvalue weighted by Gasteiger charge is 2.04. The molecular weight excluding hydrogens is 206 g/mol. The highest BCUT2D eigenvalue weighted by Crippen LogP contribution is 2.16. The van der Waals surface area contributed by atoms with Crippen molar-refractivity contribution in [2.24, 2.45) is 0 Å². The van der Waals surface area contributed by atoms with Crippen LogP contribution in [-0.4, -0.2) is 16.6 Å². The topological polar surface area (TPSA) is 68.0 Å². The van der Waals surface area contributed by atoms with Crippen LogP contribution < -0.4 is 5.32 Å². The molecule has 1 amide bonds. The zero-order chi connectivity index (χ0) is 11.4. The standard InChI is InChI=1S/C11H11N3O2/c1-8-13-11(14-16-8)10-4-2-9(3-5-10)6-12-7-15/h2-5,7H,6H2,1H3,(H,12,15). The molecule has 1 N–H and O–H groups in total. The van der Waals surface area contributed by atoms with E-state index in [-0.39, 0.29) is 0 Å². The van der Waals surface area contributed by atoms with E-state index in [0.29, 0.717) is 24.7 Å². The number of hydrogen-bond donors (Lipinski definition) is 1. The lowest BCUT2D eigenvalue weighted by Gasteiger charge is -2.00. The van der Waals surface area contributed by atoms with Crippen LogP contribution in [0.25, 0.3) is 11.4 Å². The van der Waals surface area contributed by atoms with E-state index in [4.69, 9.17) is 4.52 Å². The number of amides is 1. The molecule has 0 saturated carbocycles. The highest BCUT2D eigenvalue weighted by molar-refractivity contribution is 5.54. The fourth-order valence-electron chi connectivity index (χ4n) is 1.35. The van der Waals surface area contributed by atoms with E-state index in [0.717, 1.165) is 11.1 Å². The van der Waals surface area contributed by atoms with Crippen LogP contribution in [-0.2, 0) is 11.3 Å². The number of carbonyl (C=O) groups is 1. The molecule has 1 aromatic carbocycles. The van der Waals surface area contributed by atoms with Crippen molar-refractivity contribution < 1.29 is 9.32 Å². The summed E-state index contributed by atoms with van der Waals surface area (Å²) in [5.41, 5.74) is 1.92. The SMILES string of the molecule is Cc1nc(-c2ccc(CNC=O)cc2)no1. The van der Waals surface area contributed by atoms with E-state index in [2.05, 4.69) is 15.5 Å². The number of benzene rings is 1. The molecule has 0 aliphatic heterocycles. The maximum Gasteiger partial charge on any atom is 0.223 e. The van der Waals surface area contributed by atoms with Crippen LogP contribution in [0.15, 0.2) is 28.8 Å². The average Bonchev–Trinajstić information content (AvgIpc) is 2.74. The Bertz CT molecular complexity index is 476. The van der Waals surface area contributed by atoms with Crippen molar-refractivity contribution >= 4 is 6.41 Å². The maximum absolute atomic E-state index is 10.1. The van der Waals surface area contributed by atoms with Crippen LogP contribution in [0.2, 0.25) is 0 Å². The van der Waals surface area contributed by atoms with E-state index in [1.807, 2.05) is 24.3 Å². The van der Waals surface area contributed by atoms with Gasteiger partial charge in [-0.25, -0.2) is 0 Å². The van der Waals surface area contributed by atoms with Crippen molar-refractivity contribution in [3.63, 3.8) is 0 Å². The summed E-state index contributed by atoms with van der Waals surface area (Å²) in [6, 6.07) is 7.62. The molecule has 0 radical (unpaired) electrons. The summed E-state index contributed by atoms with van der Waals surface area (Å²) in [4.78, 5) is 14.2. The summed E-state index contributed by atoms with van der Waals surface area (Å²) < 4.78 is 4.89. The van der Waals surface area contributed by atoms with Gasteiger partial charge in [0, 0.05) is 19.0 Å². The molecular formula is C11H11N3O2. The van der Waals surface area contributed by atoms with Crippen LogP contribution in [0.4, 0.5) is 0 Å². The van der Waals surface area contributed by atoms with Gasteiger partial charge in [-0.2, -0.15) is 4.98 Å². The lowest BCUT2D eigenvalue weighted by atomic mass is 10.1. The Balaban J connectivity index is 2.15. The fraction of sp³-hybridized carbons (Fsp3) is 0.182. The first kappa shape index (κ1) is 10.4. The minimum atomic E-state index is 0.523. The Labute approximate surface area is 92.5 Å². The smallest absolute Gasteiger partial charge is 0.223 e. The summed E-state index contributed by atoms with van der Waals surface area (Å²) >= 11 is 0. The van der Waals surface area contributed by atoms with Gasteiger partial charge in [0.15, 0.2) is 0 Å². The zero-order valence-corrected chi connectivity index (χ0v) is 8.80. The Hall–Kier alpha value is -2.17. The second-order valence-electron chi connectivity index (χ2n) is 3.33. The van der Waals surface area contributed by atoms with Crippen molar-refractivity contribution in [1.82, 2.24) is 15.5 Å². The quantitative estimate of drug-likeness (QED) is 0.783. The van der Waals surface area contributed by atoms with Crippen molar-refractivity contribution in [3.8, 4) is 11.4 Å². The van der Waals surface area contributed by atoms with Gasteiger partial charge in [0.25, 0.3) is 0 Å². The van der Waals surface area contributed by atoms with E-state index >= 15 is 0 Å². The van der Waals surface area contributed by atoms with Crippen molar-refractivity contribution in [1.29, 1.82) is 0 Å². The number of nitrogens with zero attached hydrogens (tertiary/aromatic N) is 2. The van der Waals surface area contributed by atoms with Crippen molar-refractivity contribution in [3.05, 3.63) is 35.7 Å². The second-order valence-corrected chi connectivity index (χ2v) is 3.33. The molecule has 2 aromatic rings. The van der Waals surface area contributed by atoms with Gasteiger partial charge in [-0.15, -0.1) is 0 Å². The van der Waals surface area contributed by atoms with Crippen molar-refractivity contribution in [2.75, 3.05) is 0 Å². The molecule has 1 aromatic heterocycles. The van der Waals surface area contributed by atoms with E-state index in [9.17, 15) is 4.79 Å². The largest absolute Gasteiger partial charge is 0.355 e. The number of rotatable bonds is 4. The number of nitrogens with one attached hydrogen (secondary N) is 1. The van der Waals surface area contributed by atoms with Crippen molar-refractivity contribution in [2.45, 2.75) is 13.5 Å². The third kappa shape index (κ3) is 2.25. The Morgan fingerprint density at radius 2 is 2.12 bits per heavy atom. The first-order chi connectivity index (χ1) is 7.79. The summed E-state index contributed by atoms with van der Waals surface area (Å²) in [6.07, 6.45) is 0.677. The molecule has 0 fully saturated rings. The van der Waals surface area contributed by atoms with Gasteiger partial charge in [-0.05, 0) is 5.56 Å². The monoisotopic (exact) mass is 217 g/mol. The third-order valence-electron chi connectivity index (χ3n) is 2.13. The number of hydrogen-bond acceptors (Lipinski definition) is 4. The average molecular weight is 217 g/mol. The van der Waals surface area contributed by atoms with Gasteiger partial charge < -0.3 is 9.84 Å². The summed E-state index contributed by atoms with van der Waals surface area (Å²) in [5.74, 6) is 1.12. The van der Waals surface area contributed by atoms with Gasteiger partial charge in [-0.3, -0.25) is 4.79 Å². The third-order valence-corrected chi connectivity index (χ3v) is 2.13. The molecule has 0 saturated heterocycles. The Kier molecular flexibility index (Phi) is 2.95. The van der Waals surface area contributed by atoms with Gasteiger partial charge in [-0.1, -0.05) is 29.4 Å². The van der Waals surface area contributed by atoms with E-state index < -0.39 is 0 Å². The van der Waals surface area contributed by atoms with Crippen LogP contribution in [0.3, 0.4) is 0 Å². The van der Waals surface area contributed by atoms with E-state index in [1.54, 1.807) is 6.92 Å². The summed E-state index contributed by atoms with van der Waals surface area (Å²) in [5, 5.41) is 6.42. The fourth-order valence-corrected chi connectivity index (χ4v) is 1.35. The lowest BCUT2D eigenvalue weighted by Crippen LogP contribution is -2.09. The molecule has 2 rings (SSSR count). The molecule has 0 aliphatic rings. The van der Waals surface area contributed by atoms with E-state index in [1.165, 1.54) is 0 Å². The Morgan fingerprint density at radius 3 is 2.69 bits per heavy atom. The highest BCUT2D eigenvalue weighted by atomic mass is 16.5. The van der Waals surface area contributed by atoms with Crippen LogP contribution >= 0.6 is 0 Å². The minimum absolute atomic E-state index is 0.523. The number of aryl methyl sites for hydroxylation is 1. The molecule has 0 atom stereocenters. The Morgan fingerprint density at radius 1 is 1.38 bits per heavy atom. The minimum Gasteiger partial charge on any atom is -0.355 e. The molecule has 0 bridgehead atoms. The predicted molar refractivity (Wildman–Crippen MR) is 57.4 cm³/mol. The van der Waals surface area contributed by atoms with Crippen LogP contribution in [0.1, 0.15) is 11.5 Å². The predicted octanol–water partition coefficient (Wildman–Crippen LogP) is 1.29. The summed E-state index contributed by atoms with van der Waals surface area (Å²) in [7, 11) is 0. The zero-order valence-electron chi connectivity index (χ0n) is 8.80. The molecule has 5 heteroatoms. The molecule has 1 heterocycles. The molecule has 5 nitrogen and oxygen atoms in total. The second kappa shape index (κ2) is 4.57. The first-order valence-electron chi connectivity index (χ1n) is 4.86. The van der Waals surface area contributed by atoms with Gasteiger partial charge >= 0.3 is 0 Å². The van der Waals surface area contributed by atoms with Gasteiger partial charge in [0.05, 0.1) is 0 Å². The lowest BCUT2D eigenvalue weighted by molar-refractivity contribution is -0.109. The molecule has 16 heavy (non-hydrogen) atoms. The van der Waals surface area contributed by atoms with Crippen LogP contribution in [0, 0.1) is 6.92 Å². The molecule has 0 aliphatic carbocycles. The number of aromatic nitrogens is 2. The van der Waals surface area contributed by atoms with Crippen LogP contribution in [0.5, 0.6) is 0 Å².